The number of carbonyl (C=O) groups excluding carboxylic acids is 1. The van der Waals surface area contributed by atoms with Gasteiger partial charge in [-0.1, -0.05) is 75.4 Å². The Morgan fingerprint density at radius 3 is 2.10 bits per heavy atom. The van der Waals surface area contributed by atoms with E-state index in [9.17, 15) is 4.79 Å². The van der Waals surface area contributed by atoms with Gasteiger partial charge in [-0.05, 0) is 30.9 Å². The van der Waals surface area contributed by atoms with E-state index in [0.717, 1.165) is 13.0 Å². The minimum Gasteiger partial charge on any atom is -0.353 e. The number of rotatable bonds is 12. The monoisotopic (exact) mass is 287 g/mol. The lowest BCUT2D eigenvalue weighted by molar-refractivity contribution is -0.116. The zero-order chi connectivity index (χ0) is 15.2. The summed E-state index contributed by atoms with van der Waals surface area (Å²) in [5, 5.41) is 2.81. The molecule has 1 aromatic carbocycles. The van der Waals surface area contributed by atoms with Gasteiger partial charge in [0.25, 0.3) is 0 Å². The average Bonchev–Trinajstić information content (AvgIpc) is 2.53. The van der Waals surface area contributed by atoms with Crippen LogP contribution < -0.4 is 5.32 Å². The third-order valence-electron chi connectivity index (χ3n) is 3.72. The average molecular weight is 287 g/mol. The van der Waals surface area contributed by atoms with Gasteiger partial charge in [0.05, 0.1) is 0 Å². The molecule has 0 saturated heterocycles. The molecule has 1 N–H and O–H groups in total. The zero-order valence-corrected chi connectivity index (χ0v) is 13.2. The van der Waals surface area contributed by atoms with Crippen molar-refractivity contribution in [1.82, 2.24) is 5.32 Å². The Bertz CT molecular complexity index is 386. The first-order chi connectivity index (χ1) is 10.3. The van der Waals surface area contributed by atoms with Crippen LogP contribution in [-0.2, 0) is 11.2 Å². The summed E-state index contributed by atoms with van der Waals surface area (Å²) in [6, 6.07) is 10.7. The smallest absolute Gasteiger partial charge is 0.243 e. The molecular formula is C19H29NO. The minimum atomic E-state index is -0.0617. The largest absolute Gasteiger partial charge is 0.353 e. The van der Waals surface area contributed by atoms with E-state index in [2.05, 4.69) is 42.2 Å². The molecule has 0 atom stereocenters. The first kappa shape index (κ1) is 17.5. The van der Waals surface area contributed by atoms with Crippen LogP contribution in [0.25, 0.3) is 0 Å². The molecule has 0 saturated carbocycles. The fourth-order valence-corrected chi connectivity index (χ4v) is 2.44. The number of carbonyl (C=O) groups is 1. The van der Waals surface area contributed by atoms with Crippen LogP contribution in [0.5, 0.6) is 0 Å². The van der Waals surface area contributed by atoms with Gasteiger partial charge in [0.2, 0.25) is 5.91 Å². The van der Waals surface area contributed by atoms with E-state index in [4.69, 9.17) is 0 Å². The summed E-state index contributed by atoms with van der Waals surface area (Å²) in [7, 11) is 0. The highest BCUT2D eigenvalue weighted by Crippen LogP contribution is 2.11. The standard InChI is InChI=1S/C19H29NO/c1-2-19(21)20-17-13-8-6-4-3-5-7-10-14-18-15-11-9-12-16-18/h2,9,11-12,15-16H,1,3-8,10,13-14,17H2,(H,20,21). The summed E-state index contributed by atoms with van der Waals surface area (Å²) >= 11 is 0. The van der Waals surface area contributed by atoms with E-state index in [-0.39, 0.29) is 5.91 Å². The Hall–Kier alpha value is -1.57. The van der Waals surface area contributed by atoms with E-state index >= 15 is 0 Å². The van der Waals surface area contributed by atoms with Crippen molar-refractivity contribution in [3.63, 3.8) is 0 Å². The summed E-state index contributed by atoms with van der Waals surface area (Å²) < 4.78 is 0. The molecular weight excluding hydrogens is 258 g/mol. The summed E-state index contributed by atoms with van der Waals surface area (Å²) in [5.41, 5.74) is 1.46. The van der Waals surface area contributed by atoms with Crippen LogP contribution in [0, 0.1) is 0 Å². The fourth-order valence-electron chi connectivity index (χ4n) is 2.44. The van der Waals surface area contributed by atoms with E-state index in [1.807, 2.05) is 0 Å². The molecule has 0 aliphatic rings. The van der Waals surface area contributed by atoms with Crippen molar-refractivity contribution >= 4 is 5.91 Å². The van der Waals surface area contributed by atoms with E-state index in [1.165, 1.54) is 63.0 Å². The van der Waals surface area contributed by atoms with Gasteiger partial charge in [0, 0.05) is 6.54 Å². The zero-order valence-electron chi connectivity index (χ0n) is 13.2. The van der Waals surface area contributed by atoms with Crippen molar-refractivity contribution in [2.75, 3.05) is 6.54 Å². The molecule has 1 aromatic rings. The van der Waals surface area contributed by atoms with Crippen LogP contribution in [0.15, 0.2) is 43.0 Å². The van der Waals surface area contributed by atoms with Gasteiger partial charge in [0.15, 0.2) is 0 Å². The molecule has 2 nitrogen and oxygen atoms in total. The van der Waals surface area contributed by atoms with Crippen molar-refractivity contribution in [3.05, 3.63) is 48.6 Å². The van der Waals surface area contributed by atoms with Crippen molar-refractivity contribution in [2.24, 2.45) is 0 Å². The van der Waals surface area contributed by atoms with Crippen LogP contribution in [0.2, 0.25) is 0 Å². The minimum absolute atomic E-state index is 0.0617. The number of hydrogen-bond donors (Lipinski definition) is 1. The van der Waals surface area contributed by atoms with E-state index in [0.29, 0.717) is 0 Å². The number of amides is 1. The third-order valence-corrected chi connectivity index (χ3v) is 3.72. The van der Waals surface area contributed by atoms with E-state index < -0.39 is 0 Å². The topological polar surface area (TPSA) is 29.1 Å². The Morgan fingerprint density at radius 1 is 0.905 bits per heavy atom. The van der Waals surface area contributed by atoms with Crippen molar-refractivity contribution in [1.29, 1.82) is 0 Å². The maximum Gasteiger partial charge on any atom is 0.243 e. The second-order valence-corrected chi connectivity index (χ2v) is 5.56. The summed E-state index contributed by atoms with van der Waals surface area (Å²) in [4.78, 5) is 10.9. The number of hydrogen-bond acceptors (Lipinski definition) is 1. The lowest BCUT2D eigenvalue weighted by Crippen LogP contribution is -2.21. The summed E-state index contributed by atoms with van der Waals surface area (Å²) in [5.74, 6) is -0.0617. The second-order valence-electron chi connectivity index (χ2n) is 5.56. The number of aryl methyl sites for hydroxylation is 1. The highest BCUT2D eigenvalue weighted by atomic mass is 16.1. The van der Waals surface area contributed by atoms with Crippen molar-refractivity contribution in [2.45, 2.75) is 57.8 Å². The first-order valence-electron chi connectivity index (χ1n) is 8.27. The van der Waals surface area contributed by atoms with Gasteiger partial charge in [-0.15, -0.1) is 0 Å². The third kappa shape index (κ3) is 9.89. The molecule has 116 valence electrons. The van der Waals surface area contributed by atoms with E-state index in [1.54, 1.807) is 0 Å². The molecule has 0 aromatic heterocycles. The maximum atomic E-state index is 10.9. The predicted octanol–water partition coefficient (Wildman–Crippen LogP) is 4.65. The summed E-state index contributed by atoms with van der Waals surface area (Å²) in [6.07, 6.45) is 12.8. The predicted molar refractivity (Wildman–Crippen MR) is 90.3 cm³/mol. The molecule has 1 rings (SSSR count). The van der Waals surface area contributed by atoms with Crippen LogP contribution >= 0.6 is 0 Å². The normalized spacial score (nSPS) is 10.3. The molecule has 21 heavy (non-hydrogen) atoms. The van der Waals surface area contributed by atoms with Gasteiger partial charge < -0.3 is 5.32 Å². The van der Waals surface area contributed by atoms with Gasteiger partial charge in [-0.25, -0.2) is 0 Å². The Kier molecular flexibility index (Phi) is 10.1. The van der Waals surface area contributed by atoms with Gasteiger partial charge in [-0.3, -0.25) is 4.79 Å². The van der Waals surface area contributed by atoms with Crippen molar-refractivity contribution < 1.29 is 4.79 Å². The molecule has 1 amide bonds. The van der Waals surface area contributed by atoms with Crippen molar-refractivity contribution in [3.8, 4) is 0 Å². The van der Waals surface area contributed by atoms with Gasteiger partial charge in [-0.2, -0.15) is 0 Å². The van der Waals surface area contributed by atoms with Gasteiger partial charge in [0.1, 0.15) is 0 Å². The molecule has 0 aliphatic carbocycles. The Morgan fingerprint density at radius 2 is 1.48 bits per heavy atom. The van der Waals surface area contributed by atoms with Crippen LogP contribution in [0.4, 0.5) is 0 Å². The highest BCUT2D eigenvalue weighted by Gasteiger charge is 1.95. The highest BCUT2D eigenvalue weighted by molar-refractivity contribution is 5.86. The molecule has 2 heteroatoms. The molecule has 0 unspecified atom stereocenters. The molecule has 0 bridgehead atoms. The van der Waals surface area contributed by atoms with Crippen LogP contribution in [0.3, 0.4) is 0 Å². The fraction of sp³-hybridized carbons (Fsp3) is 0.526. The van der Waals surface area contributed by atoms with Gasteiger partial charge >= 0.3 is 0 Å². The van der Waals surface area contributed by atoms with Crippen LogP contribution in [-0.4, -0.2) is 12.5 Å². The lowest BCUT2D eigenvalue weighted by atomic mass is 10.0. The molecule has 0 aliphatic heterocycles. The molecule has 0 heterocycles. The molecule has 0 radical (unpaired) electrons. The quantitative estimate of drug-likeness (QED) is 0.440. The maximum absolute atomic E-state index is 10.9. The number of nitrogens with one attached hydrogen (secondary N) is 1. The SMILES string of the molecule is C=CC(=O)NCCCCCCCCCCc1ccccc1. The second kappa shape index (κ2) is 12.2. The Balaban J connectivity index is 1.80. The lowest BCUT2D eigenvalue weighted by Gasteiger charge is -2.04. The molecule has 0 fully saturated rings. The Labute approximate surface area is 129 Å². The van der Waals surface area contributed by atoms with Crippen LogP contribution in [0.1, 0.15) is 56.9 Å². The number of benzene rings is 1. The molecule has 0 spiro atoms. The first-order valence-corrected chi connectivity index (χ1v) is 8.27. The summed E-state index contributed by atoms with van der Waals surface area (Å²) in [6.45, 7) is 4.21. The number of unbranched alkanes of at least 4 members (excludes halogenated alkanes) is 7.